The van der Waals surface area contributed by atoms with Gasteiger partial charge >= 0.3 is 0 Å². The van der Waals surface area contributed by atoms with E-state index in [1.165, 1.54) is 5.56 Å². The van der Waals surface area contributed by atoms with Crippen LogP contribution in [0.15, 0.2) is 54.6 Å². The van der Waals surface area contributed by atoms with Crippen LogP contribution < -0.4 is 10.2 Å². The number of aryl methyl sites for hydroxylation is 1. The predicted octanol–water partition coefficient (Wildman–Crippen LogP) is 3.08. The topological polar surface area (TPSA) is 32.3 Å². The Kier molecular flexibility index (Phi) is 3.68. The minimum absolute atomic E-state index is 0.150. The third kappa shape index (κ3) is 2.67. The van der Waals surface area contributed by atoms with Crippen molar-refractivity contribution in [2.45, 2.75) is 12.8 Å². The van der Waals surface area contributed by atoms with Gasteiger partial charge in [-0.3, -0.25) is 4.79 Å². The van der Waals surface area contributed by atoms with E-state index in [0.717, 1.165) is 30.8 Å². The first-order valence-electron chi connectivity index (χ1n) is 7.02. The molecular weight excluding hydrogens is 248 g/mol. The molecule has 0 spiro atoms. The maximum absolute atomic E-state index is 12.1. The second kappa shape index (κ2) is 5.78. The summed E-state index contributed by atoms with van der Waals surface area (Å²) in [5.41, 5.74) is 3.37. The molecule has 1 aliphatic heterocycles. The summed E-state index contributed by atoms with van der Waals surface area (Å²) >= 11 is 0. The number of hydrogen-bond acceptors (Lipinski definition) is 2. The van der Waals surface area contributed by atoms with Crippen molar-refractivity contribution in [3.63, 3.8) is 0 Å². The number of fused-ring (bicyclic) bond motifs is 1. The van der Waals surface area contributed by atoms with Gasteiger partial charge in [0.2, 0.25) is 5.91 Å². The molecule has 0 aliphatic carbocycles. The third-order valence-electron chi connectivity index (χ3n) is 3.62. The van der Waals surface area contributed by atoms with E-state index in [4.69, 9.17) is 0 Å². The second-order valence-corrected chi connectivity index (χ2v) is 5.01. The number of nitrogens with one attached hydrogen (secondary N) is 1. The van der Waals surface area contributed by atoms with Crippen LogP contribution in [0.1, 0.15) is 12.0 Å². The second-order valence-electron chi connectivity index (χ2n) is 5.01. The molecule has 1 aliphatic rings. The van der Waals surface area contributed by atoms with Crippen LogP contribution in [0.25, 0.3) is 0 Å². The molecule has 0 radical (unpaired) electrons. The standard InChI is InChI=1S/C17H18N2O/c20-17-13-18-15-10-4-5-11-16(15)19(17)12-6-9-14-7-2-1-3-8-14/h1-5,7-8,10-11,18H,6,9,12-13H2. The third-order valence-corrected chi connectivity index (χ3v) is 3.62. The summed E-state index contributed by atoms with van der Waals surface area (Å²) in [7, 11) is 0. The molecule has 0 bridgehead atoms. The highest BCUT2D eigenvalue weighted by Gasteiger charge is 2.22. The predicted molar refractivity (Wildman–Crippen MR) is 82.0 cm³/mol. The molecule has 1 heterocycles. The Morgan fingerprint density at radius 3 is 2.60 bits per heavy atom. The number of carbonyl (C=O) groups excluding carboxylic acids is 1. The summed E-state index contributed by atoms with van der Waals surface area (Å²) in [4.78, 5) is 14.0. The van der Waals surface area contributed by atoms with Crippen LogP contribution in [0.4, 0.5) is 11.4 Å². The normalized spacial score (nSPS) is 13.8. The van der Waals surface area contributed by atoms with E-state index in [1.807, 2.05) is 35.2 Å². The molecular formula is C17H18N2O. The van der Waals surface area contributed by atoms with E-state index in [1.54, 1.807) is 0 Å². The van der Waals surface area contributed by atoms with Crippen molar-refractivity contribution in [2.75, 3.05) is 23.3 Å². The Morgan fingerprint density at radius 1 is 1.00 bits per heavy atom. The molecule has 1 N–H and O–H groups in total. The summed E-state index contributed by atoms with van der Waals surface area (Å²) in [6, 6.07) is 18.4. The zero-order chi connectivity index (χ0) is 13.8. The number of benzene rings is 2. The van der Waals surface area contributed by atoms with Crippen LogP contribution in [0, 0.1) is 0 Å². The van der Waals surface area contributed by atoms with Gasteiger partial charge in [-0.05, 0) is 30.5 Å². The lowest BCUT2D eigenvalue weighted by molar-refractivity contribution is -0.117. The molecule has 20 heavy (non-hydrogen) atoms. The SMILES string of the molecule is O=C1CNc2ccccc2N1CCCc1ccccc1. The lowest BCUT2D eigenvalue weighted by Crippen LogP contribution is -2.40. The maximum Gasteiger partial charge on any atom is 0.246 e. The maximum atomic E-state index is 12.1. The molecule has 3 heteroatoms. The molecule has 0 aromatic heterocycles. The first-order valence-corrected chi connectivity index (χ1v) is 7.02. The molecule has 0 saturated heterocycles. The molecule has 0 fully saturated rings. The van der Waals surface area contributed by atoms with E-state index < -0.39 is 0 Å². The van der Waals surface area contributed by atoms with E-state index in [9.17, 15) is 4.79 Å². The van der Waals surface area contributed by atoms with Crippen molar-refractivity contribution in [2.24, 2.45) is 0 Å². The van der Waals surface area contributed by atoms with Gasteiger partial charge in [0.05, 0.1) is 17.9 Å². The fourth-order valence-corrected chi connectivity index (χ4v) is 2.59. The summed E-state index contributed by atoms with van der Waals surface area (Å²) in [6.07, 6.45) is 1.98. The number of hydrogen-bond donors (Lipinski definition) is 1. The van der Waals surface area contributed by atoms with Gasteiger partial charge in [0.15, 0.2) is 0 Å². The van der Waals surface area contributed by atoms with Crippen LogP contribution >= 0.6 is 0 Å². The summed E-state index contributed by atoms with van der Waals surface area (Å²) in [6.45, 7) is 1.16. The fourth-order valence-electron chi connectivity index (χ4n) is 2.59. The van der Waals surface area contributed by atoms with Gasteiger partial charge in [0, 0.05) is 6.54 Å². The van der Waals surface area contributed by atoms with Crippen LogP contribution in [-0.2, 0) is 11.2 Å². The summed E-state index contributed by atoms with van der Waals surface area (Å²) < 4.78 is 0. The lowest BCUT2D eigenvalue weighted by Gasteiger charge is -2.30. The van der Waals surface area contributed by atoms with E-state index >= 15 is 0 Å². The molecule has 2 aromatic carbocycles. The summed E-state index contributed by atoms with van der Waals surface area (Å²) in [5, 5.41) is 3.16. The number of carbonyl (C=O) groups is 1. The van der Waals surface area contributed by atoms with Gasteiger partial charge < -0.3 is 10.2 Å². The van der Waals surface area contributed by atoms with Gasteiger partial charge in [-0.2, -0.15) is 0 Å². The Labute approximate surface area is 119 Å². The molecule has 102 valence electrons. The van der Waals surface area contributed by atoms with E-state index in [-0.39, 0.29) is 5.91 Å². The van der Waals surface area contributed by atoms with Crippen molar-refractivity contribution in [1.82, 2.24) is 0 Å². The number of para-hydroxylation sites is 2. The first kappa shape index (κ1) is 12.7. The Hall–Kier alpha value is -2.29. The Morgan fingerprint density at radius 2 is 1.75 bits per heavy atom. The molecule has 3 rings (SSSR count). The van der Waals surface area contributed by atoms with Crippen LogP contribution in [0.2, 0.25) is 0 Å². The minimum Gasteiger partial charge on any atom is -0.374 e. The highest BCUT2D eigenvalue weighted by atomic mass is 16.2. The summed E-state index contributed by atoms with van der Waals surface area (Å²) in [5.74, 6) is 0.150. The van der Waals surface area contributed by atoms with Crippen LogP contribution in [0.5, 0.6) is 0 Å². The quantitative estimate of drug-likeness (QED) is 0.922. The molecule has 0 unspecified atom stereocenters. The van der Waals surface area contributed by atoms with Gasteiger partial charge in [0.25, 0.3) is 0 Å². The largest absolute Gasteiger partial charge is 0.374 e. The van der Waals surface area contributed by atoms with E-state index in [0.29, 0.717) is 6.54 Å². The van der Waals surface area contributed by atoms with E-state index in [2.05, 4.69) is 29.6 Å². The zero-order valence-electron chi connectivity index (χ0n) is 11.4. The molecule has 0 atom stereocenters. The van der Waals surface area contributed by atoms with Crippen LogP contribution in [-0.4, -0.2) is 19.0 Å². The monoisotopic (exact) mass is 266 g/mol. The van der Waals surface area contributed by atoms with Gasteiger partial charge in [-0.25, -0.2) is 0 Å². The number of anilines is 2. The first-order chi connectivity index (χ1) is 9.84. The van der Waals surface area contributed by atoms with Crippen molar-refractivity contribution >= 4 is 17.3 Å². The van der Waals surface area contributed by atoms with Crippen molar-refractivity contribution < 1.29 is 4.79 Å². The molecule has 1 amide bonds. The Bertz CT molecular complexity index is 595. The van der Waals surface area contributed by atoms with Crippen molar-refractivity contribution in [3.8, 4) is 0 Å². The highest BCUT2D eigenvalue weighted by Crippen LogP contribution is 2.29. The van der Waals surface area contributed by atoms with Gasteiger partial charge in [-0.1, -0.05) is 42.5 Å². The fraction of sp³-hybridized carbons (Fsp3) is 0.235. The number of rotatable bonds is 4. The minimum atomic E-state index is 0.150. The van der Waals surface area contributed by atoms with Crippen molar-refractivity contribution in [3.05, 3.63) is 60.2 Å². The average Bonchev–Trinajstić information content (AvgIpc) is 2.50. The van der Waals surface area contributed by atoms with Gasteiger partial charge in [-0.15, -0.1) is 0 Å². The smallest absolute Gasteiger partial charge is 0.246 e. The number of amides is 1. The molecule has 3 nitrogen and oxygen atoms in total. The van der Waals surface area contributed by atoms with Crippen molar-refractivity contribution in [1.29, 1.82) is 0 Å². The zero-order valence-corrected chi connectivity index (χ0v) is 11.4. The molecule has 0 saturated carbocycles. The number of nitrogens with zero attached hydrogens (tertiary/aromatic N) is 1. The van der Waals surface area contributed by atoms with Crippen LogP contribution in [0.3, 0.4) is 0 Å². The Balaban J connectivity index is 1.66. The lowest BCUT2D eigenvalue weighted by atomic mass is 10.1. The average molecular weight is 266 g/mol. The van der Waals surface area contributed by atoms with Gasteiger partial charge in [0.1, 0.15) is 0 Å². The molecule has 2 aromatic rings. The highest BCUT2D eigenvalue weighted by molar-refractivity contribution is 6.02.